The van der Waals surface area contributed by atoms with Crippen LogP contribution in [0.4, 0.5) is 0 Å². The van der Waals surface area contributed by atoms with Crippen molar-refractivity contribution in [2.24, 2.45) is 22.6 Å². The molecule has 0 aromatic rings. The van der Waals surface area contributed by atoms with Gasteiger partial charge in [-0.25, -0.2) is 0 Å². The Morgan fingerprint density at radius 2 is 1.86 bits per heavy atom. The SMILES string of the molecule is CN=C(NCCCCN1CCC(C(N)=O)CC1)NC(C)CCC1CCCCC1. The Morgan fingerprint density at radius 1 is 1.14 bits per heavy atom. The molecule has 1 atom stereocenters. The molecule has 1 saturated heterocycles. The summed E-state index contributed by atoms with van der Waals surface area (Å²) in [4.78, 5) is 18.1. The molecule has 0 spiro atoms. The fourth-order valence-electron chi connectivity index (χ4n) is 4.57. The molecule has 1 heterocycles. The van der Waals surface area contributed by atoms with Gasteiger partial charge in [0.15, 0.2) is 5.96 Å². The Balaban J connectivity index is 1.50. The third-order valence-electron chi connectivity index (χ3n) is 6.52. The van der Waals surface area contributed by atoms with Gasteiger partial charge in [-0.3, -0.25) is 9.79 Å². The van der Waals surface area contributed by atoms with Gasteiger partial charge >= 0.3 is 0 Å². The zero-order valence-electron chi connectivity index (χ0n) is 18.2. The Morgan fingerprint density at radius 3 is 2.50 bits per heavy atom. The third kappa shape index (κ3) is 8.80. The first kappa shape index (κ1) is 23.0. The molecule has 6 heteroatoms. The summed E-state index contributed by atoms with van der Waals surface area (Å²) in [5, 5.41) is 7.00. The van der Waals surface area contributed by atoms with Gasteiger partial charge in [-0.05, 0) is 71.0 Å². The minimum Gasteiger partial charge on any atom is -0.369 e. The van der Waals surface area contributed by atoms with E-state index in [4.69, 9.17) is 5.73 Å². The molecule has 1 unspecified atom stereocenters. The summed E-state index contributed by atoms with van der Waals surface area (Å²) in [5.41, 5.74) is 5.40. The highest BCUT2D eigenvalue weighted by Gasteiger charge is 2.22. The molecular weight excluding hydrogens is 350 g/mol. The van der Waals surface area contributed by atoms with E-state index in [9.17, 15) is 4.79 Å². The number of hydrogen-bond acceptors (Lipinski definition) is 3. The van der Waals surface area contributed by atoms with E-state index in [1.54, 1.807) is 0 Å². The number of primary amides is 1. The summed E-state index contributed by atoms with van der Waals surface area (Å²) in [6.45, 7) is 6.33. The van der Waals surface area contributed by atoms with Crippen molar-refractivity contribution in [3.8, 4) is 0 Å². The standard InChI is InChI=1S/C22H43N5O/c1-18(10-11-19-8-4-3-5-9-19)26-22(24-2)25-14-6-7-15-27-16-12-20(13-17-27)21(23)28/h18-20H,3-17H2,1-2H3,(H2,23,28)(H2,24,25,26). The maximum atomic E-state index is 11.2. The number of nitrogens with one attached hydrogen (secondary N) is 2. The minimum atomic E-state index is -0.129. The van der Waals surface area contributed by atoms with E-state index in [0.717, 1.165) is 57.3 Å². The lowest BCUT2D eigenvalue weighted by molar-refractivity contribution is -0.123. The number of hydrogen-bond donors (Lipinski definition) is 3. The Kier molecular flexibility index (Phi) is 10.7. The molecule has 1 aliphatic heterocycles. The lowest BCUT2D eigenvalue weighted by atomic mass is 9.85. The number of amides is 1. The van der Waals surface area contributed by atoms with Crippen LogP contribution in [0.3, 0.4) is 0 Å². The first-order valence-corrected chi connectivity index (χ1v) is 11.6. The van der Waals surface area contributed by atoms with Gasteiger partial charge in [0.05, 0.1) is 0 Å². The van der Waals surface area contributed by atoms with E-state index >= 15 is 0 Å². The molecule has 6 nitrogen and oxygen atoms in total. The molecule has 0 bridgehead atoms. The molecule has 2 rings (SSSR count). The van der Waals surface area contributed by atoms with Crippen LogP contribution in [0.1, 0.15) is 77.6 Å². The van der Waals surface area contributed by atoms with Crippen molar-refractivity contribution in [1.82, 2.24) is 15.5 Å². The zero-order chi connectivity index (χ0) is 20.2. The fraction of sp³-hybridized carbons (Fsp3) is 0.909. The summed E-state index contributed by atoms with van der Waals surface area (Å²) in [5.74, 6) is 1.84. The van der Waals surface area contributed by atoms with Crippen LogP contribution < -0.4 is 16.4 Å². The normalized spacial score (nSPS) is 21.4. The number of likely N-dealkylation sites (tertiary alicyclic amines) is 1. The molecule has 4 N–H and O–H groups in total. The first-order valence-electron chi connectivity index (χ1n) is 11.6. The number of piperidine rings is 1. The smallest absolute Gasteiger partial charge is 0.220 e. The van der Waals surface area contributed by atoms with Crippen molar-refractivity contribution in [2.45, 2.75) is 83.6 Å². The van der Waals surface area contributed by atoms with Crippen molar-refractivity contribution >= 4 is 11.9 Å². The van der Waals surface area contributed by atoms with Crippen molar-refractivity contribution in [1.29, 1.82) is 0 Å². The topological polar surface area (TPSA) is 82.8 Å². The number of guanidine groups is 1. The average molecular weight is 394 g/mol. The van der Waals surface area contributed by atoms with Crippen LogP contribution in [0.15, 0.2) is 4.99 Å². The average Bonchev–Trinajstić information content (AvgIpc) is 2.72. The highest BCUT2D eigenvalue weighted by molar-refractivity contribution is 5.79. The maximum Gasteiger partial charge on any atom is 0.220 e. The number of aliphatic imine (C=N–C) groups is 1. The molecule has 0 aromatic heterocycles. The van der Waals surface area contributed by atoms with Crippen LogP contribution >= 0.6 is 0 Å². The summed E-state index contributed by atoms with van der Waals surface area (Å²) >= 11 is 0. The lowest BCUT2D eigenvalue weighted by Crippen LogP contribution is -2.43. The second-order valence-corrected chi connectivity index (χ2v) is 8.85. The number of nitrogens with zero attached hydrogens (tertiary/aromatic N) is 2. The largest absolute Gasteiger partial charge is 0.369 e. The van der Waals surface area contributed by atoms with Gasteiger partial charge in [-0.1, -0.05) is 32.1 Å². The molecule has 2 aliphatic rings. The monoisotopic (exact) mass is 393 g/mol. The van der Waals surface area contributed by atoms with Crippen molar-refractivity contribution in [3.63, 3.8) is 0 Å². The Hall–Kier alpha value is -1.30. The number of unbranched alkanes of at least 4 members (excludes halogenated alkanes) is 1. The predicted octanol–water partition coefficient (Wildman–Crippen LogP) is 2.88. The van der Waals surface area contributed by atoms with E-state index in [2.05, 4.69) is 27.4 Å². The lowest BCUT2D eigenvalue weighted by Gasteiger charge is -2.30. The second kappa shape index (κ2) is 13.0. The summed E-state index contributed by atoms with van der Waals surface area (Å²) in [7, 11) is 1.85. The highest BCUT2D eigenvalue weighted by Crippen LogP contribution is 2.27. The van der Waals surface area contributed by atoms with Gasteiger partial charge in [-0.2, -0.15) is 0 Å². The van der Waals surface area contributed by atoms with Crippen LogP contribution in [0.2, 0.25) is 0 Å². The summed E-state index contributed by atoms with van der Waals surface area (Å²) in [6.07, 6.45) is 13.9. The summed E-state index contributed by atoms with van der Waals surface area (Å²) in [6, 6.07) is 0.472. The van der Waals surface area contributed by atoms with E-state index in [0.29, 0.717) is 6.04 Å². The van der Waals surface area contributed by atoms with Crippen molar-refractivity contribution in [3.05, 3.63) is 0 Å². The number of carbonyl (C=O) groups excluding carboxylic acids is 1. The third-order valence-corrected chi connectivity index (χ3v) is 6.52. The first-order chi connectivity index (χ1) is 13.6. The van der Waals surface area contributed by atoms with E-state index in [-0.39, 0.29) is 11.8 Å². The molecule has 2 fully saturated rings. The molecule has 0 radical (unpaired) electrons. The molecule has 0 aromatic carbocycles. The van der Waals surface area contributed by atoms with Crippen LogP contribution in [0.25, 0.3) is 0 Å². The molecule has 162 valence electrons. The van der Waals surface area contributed by atoms with Crippen LogP contribution in [0.5, 0.6) is 0 Å². The Labute approximate surface area is 172 Å². The minimum absolute atomic E-state index is 0.0902. The van der Waals surface area contributed by atoms with Crippen LogP contribution in [-0.2, 0) is 4.79 Å². The molecule has 28 heavy (non-hydrogen) atoms. The Bertz CT molecular complexity index is 468. The van der Waals surface area contributed by atoms with Gasteiger partial charge in [-0.15, -0.1) is 0 Å². The molecule has 1 saturated carbocycles. The van der Waals surface area contributed by atoms with Gasteiger partial charge in [0.2, 0.25) is 5.91 Å². The maximum absolute atomic E-state index is 11.2. The number of carbonyl (C=O) groups is 1. The zero-order valence-corrected chi connectivity index (χ0v) is 18.2. The van der Waals surface area contributed by atoms with Crippen LogP contribution in [-0.4, -0.2) is 56.0 Å². The summed E-state index contributed by atoms with van der Waals surface area (Å²) < 4.78 is 0. The van der Waals surface area contributed by atoms with Crippen LogP contribution in [0, 0.1) is 11.8 Å². The quantitative estimate of drug-likeness (QED) is 0.303. The second-order valence-electron chi connectivity index (χ2n) is 8.85. The fourth-order valence-corrected chi connectivity index (χ4v) is 4.57. The van der Waals surface area contributed by atoms with E-state index in [1.807, 2.05) is 7.05 Å². The number of nitrogens with two attached hydrogens (primary N) is 1. The van der Waals surface area contributed by atoms with E-state index in [1.165, 1.54) is 51.4 Å². The van der Waals surface area contributed by atoms with Gasteiger partial charge in [0.1, 0.15) is 0 Å². The number of rotatable bonds is 10. The predicted molar refractivity (Wildman–Crippen MR) is 117 cm³/mol. The van der Waals surface area contributed by atoms with Gasteiger partial charge < -0.3 is 21.3 Å². The van der Waals surface area contributed by atoms with Crippen molar-refractivity contribution < 1.29 is 4.79 Å². The van der Waals surface area contributed by atoms with Gasteiger partial charge in [0, 0.05) is 25.6 Å². The molecule has 1 aliphatic carbocycles. The molecular formula is C22H43N5O. The highest BCUT2D eigenvalue weighted by atomic mass is 16.1. The van der Waals surface area contributed by atoms with Crippen molar-refractivity contribution in [2.75, 3.05) is 33.2 Å². The van der Waals surface area contributed by atoms with Gasteiger partial charge in [0.25, 0.3) is 0 Å². The molecule has 1 amide bonds. The van der Waals surface area contributed by atoms with E-state index < -0.39 is 0 Å².